The van der Waals surface area contributed by atoms with Crippen molar-refractivity contribution < 1.29 is 14.5 Å². The number of hydrogen-bond donors (Lipinski definition) is 0. The Bertz CT molecular complexity index is 1130. The Hall–Kier alpha value is -3.42. The van der Waals surface area contributed by atoms with E-state index in [0.717, 1.165) is 37.9 Å². The Morgan fingerprint density at radius 1 is 0.941 bits per heavy atom. The number of anilines is 3. The van der Waals surface area contributed by atoms with E-state index in [1.165, 1.54) is 16.5 Å². The van der Waals surface area contributed by atoms with Crippen LogP contribution in [0.15, 0.2) is 42.5 Å². The van der Waals surface area contributed by atoms with Crippen LogP contribution in [0.1, 0.15) is 38.2 Å². The number of carbonyl (C=O) groups excluding carboxylic acids is 2. The number of benzene rings is 2. The Morgan fingerprint density at radius 2 is 1.65 bits per heavy atom. The van der Waals surface area contributed by atoms with Crippen molar-refractivity contribution in [2.24, 2.45) is 11.8 Å². The average molecular weight is 463 g/mol. The summed E-state index contributed by atoms with van der Waals surface area (Å²) < 4.78 is 0. The van der Waals surface area contributed by atoms with Crippen LogP contribution < -0.4 is 14.7 Å². The molecule has 0 N–H and O–H groups in total. The number of fused-ring (bicyclic) bond motifs is 1. The normalized spacial score (nSPS) is 25.0. The van der Waals surface area contributed by atoms with Gasteiger partial charge >= 0.3 is 0 Å². The third-order valence-electron chi connectivity index (χ3n) is 7.56. The molecule has 178 valence electrons. The summed E-state index contributed by atoms with van der Waals surface area (Å²) in [6, 6.07) is 13.3. The molecule has 0 aromatic heterocycles. The van der Waals surface area contributed by atoms with Crippen LogP contribution in [0.2, 0.25) is 0 Å². The van der Waals surface area contributed by atoms with E-state index in [1.807, 2.05) is 11.0 Å². The number of amides is 2. The van der Waals surface area contributed by atoms with E-state index < -0.39 is 4.92 Å². The first-order valence-electron chi connectivity index (χ1n) is 12.1. The number of hydrogen-bond acceptors (Lipinski definition) is 6. The highest BCUT2D eigenvalue weighted by atomic mass is 16.6. The number of aryl methyl sites for hydroxylation is 1. The number of nitrogens with zero attached hydrogens (tertiary/aromatic N) is 4. The fraction of sp³-hybridized carbons (Fsp3) is 0.462. The van der Waals surface area contributed by atoms with Crippen molar-refractivity contribution >= 4 is 34.6 Å². The first-order valence-corrected chi connectivity index (χ1v) is 12.1. The molecule has 1 saturated carbocycles. The van der Waals surface area contributed by atoms with Gasteiger partial charge in [0.05, 0.1) is 22.4 Å². The monoisotopic (exact) mass is 462 g/mol. The minimum Gasteiger partial charge on any atom is -0.365 e. The molecule has 0 bridgehead atoms. The molecule has 2 saturated heterocycles. The Balaban J connectivity index is 1.40. The quantitative estimate of drug-likeness (QED) is 0.383. The van der Waals surface area contributed by atoms with Crippen LogP contribution in [0.3, 0.4) is 0 Å². The molecule has 0 unspecified atom stereocenters. The molecule has 0 spiro atoms. The van der Waals surface area contributed by atoms with Gasteiger partial charge in [0.15, 0.2) is 0 Å². The topological polar surface area (TPSA) is 87.0 Å². The van der Waals surface area contributed by atoms with Gasteiger partial charge in [0, 0.05) is 37.4 Å². The van der Waals surface area contributed by atoms with Gasteiger partial charge in [-0.3, -0.25) is 19.7 Å². The number of rotatable bonds is 4. The smallest absolute Gasteiger partial charge is 0.294 e. The van der Waals surface area contributed by atoms with Crippen molar-refractivity contribution in [1.82, 2.24) is 0 Å². The summed E-state index contributed by atoms with van der Waals surface area (Å²) in [7, 11) is 0. The summed E-state index contributed by atoms with van der Waals surface area (Å²) in [6.07, 6.45) is 3.32. The minimum atomic E-state index is -0.408. The molecule has 3 atom stereocenters. The third-order valence-corrected chi connectivity index (χ3v) is 7.56. The standard InChI is InChI=1S/C26H30N4O4/c1-17-6-5-7-19(14-17)28-13-12-27(16-18(28)2)23-11-10-20(15-24(23)30(33)34)29-25(31)21-8-3-4-9-22(21)26(29)32/h5-7,10-11,14-15,18,21-22H,3-4,8-9,12-13,16H2,1-2H3/t18-,21+,22+/m0/s1. The van der Waals surface area contributed by atoms with Crippen molar-refractivity contribution in [1.29, 1.82) is 0 Å². The van der Waals surface area contributed by atoms with Crippen molar-refractivity contribution in [3.8, 4) is 0 Å². The lowest BCUT2D eigenvalue weighted by molar-refractivity contribution is -0.384. The van der Waals surface area contributed by atoms with Crippen molar-refractivity contribution in [3.63, 3.8) is 0 Å². The van der Waals surface area contributed by atoms with E-state index in [0.29, 0.717) is 24.5 Å². The molecule has 5 rings (SSSR count). The molecule has 2 aliphatic heterocycles. The summed E-state index contributed by atoms with van der Waals surface area (Å²) in [5.41, 5.74) is 3.13. The first-order chi connectivity index (χ1) is 16.3. The molecule has 2 amide bonds. The predicted molar refractivity (Wildman–Crippen MR) is 131 cm³/mol. The molecule has 2 aromatic rings. The SMILES string of the molecule is Cc1cccc(N2CCN(c3ccc(N4C(=O)[C@@H]5CCCC[C@H]5C4=O)cc3[N+](=O)[O-])C[C@@H]2C)c1. The summed E-state index contributed by atoms with van der Waals surface area (Å²) in [5.74, 6) is -0.986. The summed E-state index contributed by atoms with van der Waals surface area (Å²) in [4.78, 5) is 43.1. The van der Waals surface area contributed by atoms with E-state index in [-0.39, 0.29) is 35.4 Å². The summed E-state index contributed by atoms with van der Waals surface area (Å²) in [5, 5.41) is 12.0. The van der Waals surface area contributed by atoms with Gasteiger partial charge < -0.3 is 9.80 Å². The molecule has 3 fully saturated rings. The van der Waals surface area contributed by atoms with Crippen LogP contribution in [0.5, 0.6) is 0 Å². The van der Waals surface area contributed by atoms with Crippen LogP contribution in [0.4, 0.5) is 22.7 Å². The molecule has 8 heteroatoms. The van der Waals surface area contributed by atoms with Crippen LogP contribution in [-0.4, -0.2) is 42.4 Å². The van der Waals surface area contributed by atoms with Crippen LogP contribution in [0.25, 0.3) is 0 Å². The second kappa shape index (κ2) is 8.74. The zero-order chi connectivity index (χ0) is 24.0. The molecule has 3 aliphatic rings. The Morgan fingerprint density at radius 3 is 2.26 bits per heavy atom. The maximum absolute atomic E-state index is 13.0. The van der Waals surface area contributed by atoms with Crippen LogP contribution >= 0.6 is 0 Å². The first kappa shape index (κ1) is 22.4. The van der Waals surface area contributed by atoms with Gasteiger partial charge in [-0.15, -0.1) is 0 Å². The van der Waals surface area contributed by atoms with Gasteiger partial charge in [-0.1, -0.05) is 25.0 Å². The van der Waals surface area contributed by atoms with Crippen LogP contribution in [-0.2, 0) is 9.59 Å². The summed E-state index contributed by atoms with van der Waals surface area (Å²) >= 11 is 0. The van der Waals surface area contributed by atoms with E-state index >= 15 is 0 Å². The largest absolute Gasteiger partial charge is 0.365 e. The maximum atomic E-state index is 13.0. The highest BCUT2D eigenvalue weighted by molar-refractivity contribution is 6.22. The van der Waals surface area contributed by atoms with Gasteiger partial charge in [-0.2, -0.15) is 0 Å². The van der Waals surface area contributed by atoms with Gasteiger partial charge in [-0.25, -0.2) is 4.90 Å². The second-order valence-electron chi connectivity index (χ2n) is 9.77. The zero-order valence-electron chi connectivity index (χ0n) is 19.6. The van der Waals surface area contributed by atoms with E-state index in [2.05, 4.69) is 36.9 Å². The summed E-state index contributed by atoms with van der Waals surface area (Å²) in [6.45, 7) is 6.22. The maximum Gasteiger partial charge on any atom is 0.294 e. The highest BCUT2D eigenvalue weighted by Gasteiger charge is 2.49. The van der Waals surface area contributed by atoms with Gasteiger partial charge in [0.1, 0.15) is 5.69 Å². The third kappa shape index (κ3) is 3.81. The number of nitro benzene ring substituents is 1. The average Bonchev–Trinajstić information content (AvgIpc) is 3.08. The molecule has 2 aromatic carbocycles. The highest BCUT2D eigenvalue weighted by Crippen LogP contribution is 2.42. The van der Waals surface area contributed by atoms with Gasteiger partial charge in [0.25, 0.3) is 5.69 Å². The van der Waals surface area contributed by atoms with Gasteiger partial charge in [-0.05, 0) is 56.5 Å². The van der Waals surface area contributed by atoms with Crippen molar-refractivity contribution in [2.45, 2.75) is 45.6 Å². The van der Waals surface area contributed by atoms with Crippen molar-refractivity contribution in [3.05, 3.63) is 58.1 Å². The van der Waals surface area contributed by atoms with E-state index in [4.69, 9.17) is 0 Å². The molecule has 34 heavy (non-hydrogen) atoms. The predicted octanol–water partition coefficient (Wildman–Crippen LogP) is 4.30. The van der Waals surface area contributed by atoms with Gasteiger partial charge in [0.2, 0.25) is 11.8 Å². The number of nitro groups is 1. The lowest BCUT2D eigenvalue weighted by Gasteiger charge is -2.42. The Kier molecular flexibility index (Phi) is 5.75. The van der Waals surface area contributed by atoms with Crippen LogP contribution in [0, 0.1) is 28.9 Å². The van der Waals surface area contributed by atoms with E-state index in [1.54, 1.807) is 12.1 Å². The van der Waals surface area contributed by atoms with Crippen molar-refractivity contribution in [2.75, 3.05) is 34.3 Å². The minimum absolute atomic E-state index is 0.0656. The molecular weight excluding hydrogens is 432 g/mol. The number of piperazine rings is 1. The molecule has 0 radical (unpaired) electrons. The fourth-order valence-electron chi connectivity index (χ4n) is 5.85. The molecule has 2 heterocycles. The lowest BCUT2D eigenvalue weighted by Crippen LogP contribution is -2.52. The second-order valence-corrected chi connectivity index (χ2v) is 9.77. The Labute approximate surface area is 199 Å². The lowest BCUT2D eigenvalue weighted by atomic mass is 9.81. The fourth-order valence-corrected chi connectivity index (χ4v) is 5.85. The number of carbonyl (C=O) groups is 2. The van der Waals surface area contributed by atoms with E-state index in [9.17, 15) is 19.7 Å². The molecule has 8 nitrogen and oxygen atoms in total. The molecule has 1 aliphatic carbocycles. The molecular formula is C26H30N4O4. The number of imide groups is 1. The zero-order valence-corrected chi connectivity index (χ0v) is 19.6.